The third-order valence-electron chi connectivity index (χ3n) is 11.5. The largest absolute Gasteiger partial charge is 0.496 e. The van der Waals surface area contributed by atoms with E-state index < -0.39 is 11.8 Å². The Balaban J connectivity index is 0.00000247. The number of benzene rings is 2. The fraction of sp³-hybridized carbons (Fsp3) is 0.306. The number of nitrogens with one attached hydrogen (secondary N) is 5. The van der Waals surface area contributed by atoms with Crippen LogP contribution in [0.2, 0.25) is 5.02 Å². The fourth-order valence-electron chi connectivity index (χ4n) is 7.89. The molecule has 6 heterocycles. The monoisotopic (exact) mass is 1000 g/mol. The molecule has 1 aliphatic heterocycles. The molecule has 0 radical (unpaired) electrons. The van der Waals surface area contributed by atoms with Crippen molar-refractivity contribution >= 4 is 64.8 Å². The van der Waals surface area contributed by atoms with Gasteiger partial charge in [-0.25, -0.2) is 0 Å². The highest BCUT2D eigenvalue weighted by Gasteiger charge is 2.21. The standard InChI is InChI=1S/C48H53ClN14O6.CH2O2/c1-29-32(33-12-8-14-35(42(33)49)57-45(66)37-24-40(68-3)31(27-55-37)28-62-20-5-4-6-21-62)11-7-13-34(29)56-44(65)36-23-39(67-2)30(26-54-36)25-51-18-19-52-41(64)16-9-17-53-47-59-46(50)63-48(60-47)58-43(61-63)38-15-10-22-69-38;2-1-3/h7-8,10-15,22-24,26-27,51H,4-6,9,16-21,25,28H2,1-3H3,(H,52,64)(H,56,65)(H,57,66)(H3,50,53,58,59,60,61);1H,(H,2,3). The number of carbonyl (C=O) groups excluding carboxylic acids is 3. The normalized spacial score (nSPS) is 12.3. The number of carboxylic acid groups (broad SMARTS) is 1. The molecule has 7 aromatic rings. The van der Waals surface area contributed by atoms with Gasteiger partial charge in [-0.05, 0) is 74.7 Å². The quantitative estimate of drug-likeness (QED) is 0.0336. The summed E-state index contributed by atoms with van der Waals surface area (Å²) in [6.07, 6.45) is 9.21. The Hall–Kier alpha value is -8.21. The third-order valence-corrected chi connectivity index (χ3v) is 11.9. The summed E-state index contributed by atoms with van der Waals surface area (Å²) in [7, 11) is 3.12. The van der Waals surface area contributed by atoms with Gasteiger partial charge in [0.1, 0.15) is 22.9 Å². The van der Waals surface area contributed by atoms with Crippen molar-refractivity contribution in [1.29, 1.82) is 0 Å². The smallest absolute Gasteiger partial charge is 0.290 e. The molecule has 0 atom stereocenters. The van der Waals surface area contributed by atoms with Gasteiger partial charge in [0.2, 0.25) is 23.6 Å². The van der Waals surface area contributed by atoms with Crippen LogP contribution in [0.3, 0.4) is 0 Å². The Labute approximate surface area is 419 Å². The molecular weight excluding hydrogens is 948 g/mol. The van der Waals surface area contributed by atoms with Gasteiger partial charge >= 0.3 is 0 Å². The molecule has 0 saturated carbocycles. The lowest BCUT2D eigenvalue weighted by atomic mass is 9.98. The molecule has 23 heteroatoms. The summed E-state index contributed by atoms with van der Waals surface area (Å²) in [6, 6.07) is 17.6. The number of nitrogen functional groups attached to an aromatic ring is 1. The minimum absolute atomic E-state index is 0.106. The molecule has 72 heavy (non-hydrogen) atoms. The lowest BCUT2D eigenvalue weighted by Crippen LogP contribution is -2.31. The number of nitrogens with two attached hydrogens (primary N) is 1. The Bertz CT molecular complexity index is 3000. The van der Waals surface area contributed by atoms with Crippen molar-refractivity contribution in [3.63, 3.8) is 0 Å². The van der Waals surface area contributed by atoms with E-state index in [1.807, 2.05) is 25.1 Å². The van der Waals surface area contributed by atoms with Gasteiger partial charge in [-0.1, -0.05) is 42.3 Å². The molecule has 2 aromatic carbocycles. The average Bonchev–Trinajstić information content (AvgIpc) is 4.09. The Morgan fingerprint density at radius 1 is 0.847 bits per heavy atom. The van der Waals surface area contributed by atoms with Gasteiger partial charge in [0.15, 0.2) is 5.76 Å². The molecule has 0 aliphatic carbocycles. The Morgan fingerprint density at radius 2 is 1.51 bits per heavy atom. The van der Waals surface area contributed by atoms with E-state index >= 15 is 0 Å². The number of likely N-dealkylation sites (tertiary alicyclic amines) is 1. The molecule has 1 aliphatic rings. The highest BCUT2D eigenvalue weighted by molar-refractivity contribution is 6.36. The number of halogens is 1. The molecule has 1 saturated heterocycles. The molecule has 8 N–H and O–H groups in total. The maximum absolute atomic E-state index is 13.6. The van der Waals surface area contributed by atoms with E-state index in [0.29, 0.717) is 84.2 Å². The fourth-order valence-corrected chi connectivity index (χ4v) is 8.16. The maximum atomic E-state index is 13.6. The van der Waals surface area contributed by atoms with Crippen LogP contribution in [0.1, 0.15) is 69.8 Å². The summed E-state index contributed by atoms with van der Waals surface area (Å²) in [5, 5.41) is 26.6. The zero-order chi connectivity index (χ0) is 51.0. The van der Waals surface area contributed by atoms with Gasteiger partial charge in [-0.15, -0.1) is 5.10 Å². The first-order chi connectivity index (χ1) is 35.0. The number of nitrogens with zero attached hydrogens (tertiary/aromatic N) is 8. The number of methoxy groups -OCH3 is 2. The van der Waals surface area contributed by atoms with Crippen LogP contribution in [0.15, 0.2) is 83.7 Å². The van der Waals surface area contributed by atoms with Crippen molar-refractivity contribution in [1.82, 2.24) is 50.1 Å². The highest BCUT2D eigenvalue weighted by atomic mass is 35.5. The van der Waals surface area contributed by atoms with Crippen molar-refractivity contribution < 1.29 is 38.2 Å². The van der Waals surface area contributed by atoms with Crippen molar-refractivity contribution in [3.05, 3.63) is 112 Å². The van der Waals surface area contributed by atoms with Crippen molar-refractivity contribution in [2.45, 2.75) is 52.1 Å². The maximum Gasteiger partial charge on any atom is 0.290 e. The molecular formula is C49H55ClN14O8. The van der Waals surface area contributed by atoms with Gasteiger partial charge in [0, 0.05) is 86.0 Å². The van der Waals surface area contributed by atoms with Crippen LogP contribution >= 0.6 is 11.6 Å². The van der Waals surface area contributed by atoms with Gasteiger partial charge in [0.25, 0.3) is 24.1 Å². The number of furan rings is 1. The summed E-state index contributed by atoms with van der Waals surface area (Å²) in [4.78, 5) is 72.1. The lowest BCUT2D eigenvalue weighted by Gasteiger charge is -2.26. The number of ether oxygens (including phenoxy) is 2. The summed E-state index contributed by atoms with van der Waals surface area (Å²) < 4.78 is 17.9. The molecule has 0 unspecified atom stereocenters. The molecule has 5 aromatic heterocycles. The lowest BCUT2D eigenvalue weighted by molar-refractivity contribution is -0.123. The summed E-state index contributed by atoms with van der Waals surface area (Å²) in [5.41, 5.74) is 11.2. The number of carbonyl (C=O) groups is 4. The SMILES string of the molecule is COc1cc(C(=O)Nc2cccc(-c3cccc(NC(=O)c4cc(OC)c(CN5CCCCC5)cn4)c3Cl)c2C)ncc1CNCCNC(=O)CCCNc1nc(N)n2nc(-c3ccco3)nc2n1.O=CO. The van der Waals surface area contributed by atoms with E-state index in [1.165, 1.54) is 37.2 Å². The predicted octanol–water partition coefficient (Wildman–Crippen LogP) is 6.09. The molecule has 0 spiro atoms. The zero-order valence-corrected chi connectivity index (χ0v) is 40.7. The minimum Gasteiger partial charge on any atom is -0.496 e. The molecule has 1 fully saturated rings. The molecule has 376 valence electrons. The van der Waals surface area contributed by atoms with E-state index in [2.05, 4.69) is 61.5 Å². The molecule has 22 nitrogen and oxygen atoms in total. The molecule has 3 amide bonds. The number of fused-ring (bicyclic) bond motifs is 1. The van der Waals surface area contributed by atoms with Gasteiger partial charge in [-0.3, -0.25) is 34.0 Å². The first kappa shape index (κ1) is 51.6. The highest BCUT2D eigenvalue weighted by Crippen LogP contribution is 2.38. The number of hydrogen-bond acceptors (Lipinski definition) is 17. The number of amides is 3. The van der Waals surface area contributed by atoms with E-state index in [9.17, 15) is 14.4 Å². The van der Waals surface area contributed by atoms with E-state index in [4.69, 9.17) is 41.1 Å². The number of rotatable bonds is 20. The second kappa shape index (κ2) is 25.1. The minimum atomic E-state index is -0.435. The second-order valence-corrected chi connectivity index (χ2v) is 16.7. The summed E-state index contributed by atoms with van der Waals surface area (Å²) in [6.45, 7) is 6.10. The van der Waals surface area contributed by atoms with Crippen molar-refractivity contribution in [2.75, 3.05) is 68.6 Å². The van der Waals surface area contributed by atoms with Crippen molar-refractivity contribution in [3.8, 4) is 34.2 Å². The Morgan fingerprint density at radius 3 is 2.21 bits per heavy atom. The first-order valence-electron chi connectivity index (χ1n) is 23.0. The van der Waals surface area contributed by atoms with Crippen LogP contribution in [0.25, 0.3) is 28.5 Å². The van der Waals surface area contributed by atoms with Crippen LogP contribution in [0.4, 0.5) is 23.3 Å². The first-order valence-corrected chi connectivity index (χ1v) is 23.4. The van der Waals surface area contributed by atoms with Gasteiger partial charge in [-0.2, -0.15) is 19.5 Å². The van der Waals surface area contributed by atoms with Crippen LogP contribution < -0.4 is 41.8 Å². The number of aromatic nitrogens is 7. The second-order valence-electron chi connectivity index (χ2n) is 16.3. The van der Waals surface area contributed by atoms with E-state index in [1.54, 1.807) is 62.0 Å². The Kier molecular flexibility index (Phi) is 18.0. The average molecular weight is 1000 g/mol. The molecule has 8 rings (SSSR count). The van der Waals surface area contributed by atoms with E-state index in [-0.39, 0.29) is 47.9 Å². The number of piperidine rings is 1. The van der Waals surface area contributed by atoms with Crippen LogP contribution in [0.5, 0.6) is 11.5 Å². The molecule has 0 bridgehead atoms. The number of hydrogen-bond donors (Lipinski definition) is 7. The van der Waals surface area contributed by atoms with E-state index in [0.717, 1.165) is 35.3 Å². The van der Waals surface area contributed by atoms with Gasteiger partial charge < -0.3 is 51.3 Å². The van der Waals surface area contributed by atoms with Gasteiger partial charge in [0.05, 0.1) is 31.2 Å². The predicted molar refractivity (Wildman–Crippen MR) is 270 cm³/mol. The third kappa shape index (κ3) is 13.1. The van der Waals surface area contributed by atoms with Crippen LogP contribution in [-0.4, -0.2) is 116 Å². The van der Waals surface area contributed by atoms with Crippen LogP contribution in [-0.2, 0) is 22.7 Å². The zero-order valence-electron chi connectivity index (χ0n) is 39.9. The van der Waals surface area contributed by atoms with Crippen LogP contribution in [0, 0.1) is 6.92 Å². The van der Waals surface area contributed by atoms with Crippen molar-refractivity contribution in [2.24, 2.45) is 0 Å². The summed E-state index contributed by atoms with van der Waals surface area (Å²) >= 11 is 6.96. The number of pyridine rings is 2. The number of anilines is 4. The topological polar surface area (TPSA) is 291 Å². The summed E-state index contributed by atoms with van der Waals surface area (Å²) in [5.74, 6) is 1.59.